The number of nitrogens with one attached hydrogen (secondary N) is 1. The summed E-state index contributed by atoms with van der Waals surface area (Å²) in [4.78, 5) is 27.8. The highest BCUT2D eigenvalue weighted by Gasteiger charge is 2.37. The molecule has 2 fully saturated rings. The lowest BCUT2D eigenvalue weighted by atomic mass is 10.1. The first-order chi connectivity index (χ1) is 9.54. The Hall–Kier alpha value is -1.56. The highest BCUT2D eigenvalue weighted by molar-refractivity contribution is 9.10. The Morgan fingerprint density at radius 3 is 2.90 bits per heavy atom. The van der Waals surface area contributed by atoms with Crippen LogP contribution >= 0.6 is 15.9 Å². The maximum atomic E-state index is 12.6. The molecule has 5 nitrogen and oxygen atoms in total. The Morgan fingerprint density at radius 2 is 2.15 bits per heavy atom. The minimum Gasteiger partial charge on any atom is -0.336 e. The second-order valence-corrected chi connectivity index (χ2v) is 6.22. The number of benzene rings is 1. The van der Waals surface area contributed by atoms with Crippen LogP contribution in [0.2, 0.25) is 0 Å². The van der Waals surface area contributed by atoms with Gasteiger partial charge >= 0.3 is 6.03 Å². The minimum atomic E-state index is -0.0135. The van der Waals surface area contributed by atoms with Gasteiger partial charge in [0.25, 0.3) is 5.91 Å². The molecule has 20 heavy (non-hydrogen) atoms. The van der Waals surface area contributed by atoms with Gasteiger partial charge in [0.2, 0.25) is 0 Å². The Labute approximate surface area is 126 Å². The molecule has 3 amide bonds. The topological polar surface area (TPSA) is 52.7 Å². The van der Waals surface area contributed by atoms with Gasteiger partial charge in [0, 0.05) is 36.2 Å². The molecule has 0 bridgehead atoms. The number of carbonyl (C=O) groups excluding carboxylic acids is 2. The van der Waals surface area contributed by atoms with E-state index in [4.69, 9.17) is 0 Å². The normalized spacial score (nSPS) is 21.7. The molecular weight excluding hydrogens is 322 g/mol. The fraction of sp³-hybridized carbons (Fsp3) is 0.429. The highest BCUT2D eigenvalue weighted by atomic mass is 79.9. The van der Waals surface area contributed by atoms with Gasteiger partial charge in [-0.15, -0.1) is 0 Å². The van der Waals surface area contributed by atoms with E-state index in [1.807, 2.05) is 34.9 Å². The van der Waals surface area contributed by atoms with Crippen LogP contribution in [0, 0.1) is 6.92 Å². The Morgan fingerprint density at radius 1 is 1.35 bits per heavy atom. The Kier molecular flexibility index (Phi) is 3.41. The fourth-order valence-electron chi connectivity index (χ4n) is 2.83. The summed E-state index contributed by atoms with van der Waals surface area (Å²) in [5.74, 6) is 0.0356. The van der Waals surface area contributed by atoms with Crippen molar-refractivity contribution in [3.8, 4) is 0 Å². The van der Waals surface area contributed by atoms with E-state index in [0.29, 0.717) is 31.7 Å². The number of fused-ring (bicyclic) bond motifs is 1. The summed E-state index contributed by atoms with van der Waals surface area (Å²) in [5.41, 5.74) is 1.75. The second-order valence-electron chi connectivity index (χ2n) is 5.30. The minimum absolute atomic E-state index is 0.0135. The zero-order chi connectivity index (χ0) is 14.3. The molecule has 1 unspecified atom stereocenters. The first-order valence-electron chi connectivity index (χ1n) is 6.65. The third-order valence-corrected chi connectivity index (χ3v) is 4.27. The second kappa shape index (κ2) is 5.09. The summed E-state index contributed by atoms with van der Waals surface area (Å²) >= 11 is 3.42. The molecule has 2 aliphatic heterocycles. The molecule has 3 rings (SSSR count). The standard InChI is InChI=1S/C14H16BrN3O2/c1-9-4-10(6-11(15)5-9)13(19)17-2-3-18-12(8-17)7-16-14(18)20/h4-6,12H,2-3,7-8H2,1H3,(H,16,20). The number of urea groups is 1. The van der Waals surface area contributed by atoms with Crippen LogP contribution in [0.4, 0.5) is 4.79 Å². The highest BCUT2D eigenvalue weighted by Crippen LogP contribution is 2.20. The summed E-state index contributed by atoms with van der Waals surface area (Å²) in [7, 11) is 0. The molecule has 0 aliphatic carbocycles. The quantitative estimate of drug-likeness (QED) is 0.846. The van der Waals surface area contributed by atoms with Crippen molar-refractivity contribution in [2.24, 2.45) is 0 Å². The monoisotopic (exact) mass is 337 g/mol. The average Bonchev–Trinajstić information content (AvgIpc) is 2.78. The number of hydrogen-bond acceptors (Lipinski definition) is 2. The van der Waals surface area contributed by atoms with E-state index in [-0.39, 0.29) is 18.0 Å². The Balaban J connectivity index is 1.76. The average molecular weight is 338 g/mol. The zero-order valence-electron chi connectivity index (χ0n) is 11.2. The van der Waals surface area contributed by atoms with E-state index in [1.54, 1.807) is 0 Å². The van der Waals surface area contributed by atoms with Crippen LogP contribution in [0.1, 0.15) is 15.9 Å². The molecule has 1 atom stereocenters. The van der Waals surface area contributed by atoms with Crippen molar-refractivity contribution in [1.29, 1.82) is 0 Å². The van der Waals surface area contributed by atoms with Crippen molar-refractivity contribution in [2.45, 2.75) is 13.0 Å². The maximum absolute atomic E-state index is 12.6. The van der Waals surface area contributed by atoms with Gasteiger partial charge in [-0.3, -0.25) is 4.79 Å². The van der Waals surface area contributed by atoms with Crippen molar-refractivity contribution >= 4 is 27.9 Å². The molecule has 2 heterocycles. The Bertz CT molecular complexity index is 555. The SMILES string of the molecule is Cc1cc(Br)cc(C(=O)N2CCN3C(=O)NCC3C2)c1. The van der Waals surface area contributed by atoms with Gasteiger partial charge in [0.05, 0.1) is 6.04 Å². The first kappa shape index (κ1) is 13.4. The number of piperazine rings is 1. The first-order valence-corrected chi connectivity index (χ1v) is 7.45. The third kappa shape index (κ3) is 2.40. The van der Waals surface area contributed by atoms with Gasteiger partial charge < -0.3 is 15.1 Å². The molecule has 0 spiro atoms. The summed E-state index contributed by atoms with van der Waals surface area (Å²) in [5, 5.41) is 2.82. The largest absolute Gasteiger partial charge is 0.336 e. The maximum Gasteiger partial charge on any atom is 0.317 e. The van der Waals surface area contributed by atoms with Gasteiger partial charge in [-0.2, -0.15) is 0 Å². The molecule has 0 saturated carbocycles. The third-order valence-electron chi connectivity index (χ3n) is 3.81. The number of hydrogen-bond donors (Lipinski definition) is 1. The number of halogens is 1. The van der Waals surface area contributed by atoms with Gasteiger partial charge in [-0.1, -0.05) is 15.9 Å². The van der Waals surface area contributed by atoms with E-state index < -0.39 is 0 Å². The summed E-state index contributed by atoms with van der Waals surface area (Å²) < 4.78 is 0.914. The molecule has 2 saturated heterocycles. The van der Waals surface area contributed by atoms with Gasteiger partial charge in [-0.25, -0.2) is 4.79 Å². The molecule has 0 radical (unpaired) electrons. The molecule has 1 aromatic carbocycles. The summed E-state index contributed by atoms with van der Waals surface area (Å²) in [6.45, 7) is 4.39. The van der Waals surface area contributed by atoms with Crippen LogP contribution in [0.5, 0.6) is 0 Å². The smallest absolute Gasteiger partial charge is 0.317 e. The van der Waals surface area contributed by atoms with Crippen LogP contribution < -0.4 is 5.32 Å². The molecule has 1 N–H and O–H groups in total. The number of aryl methyl sites for hydroxylation is 1. The lowest BCUT2D eigenvalue weighted by Crippen LogP contribution is -2.53. The fourth-order valence-corrected chi connectivity index (χ4v) is 3.44. The molecule has 0 aromatic heterocycles. The van der Waals surface area contributed by atoms with E-state index in [1.165, 1.54) is 0 Å². The molecule has 1 aromatic rings. The van der Waals surface area contributed by atoms with Crippen LogP contribution in [-0.2, 0) is 0 Å². The van der Waals surface area contributed by atoms with Crippen LogP contribution in [0.25, 0.3) is 0 Å². The molecule has 2 aliphatic rings. The molecular formula is C14H16BrN3O2. The predicted molar refractivity (Wildman–Crippen MR) is 78.7 cm³/mol. The zero-order valence-corrected chi connectivity index (χ0v) is 12.8. The lowest BCUT2D eigenvalue weighted by Gasteiger charge is -2.36. The van der Waals surface area contributed by atoms with Crippen molar-refractivity contribution in [2.75, 3.05) is 26.2 Å². The van der Waals surface area contributed by atoms with E-state index in [0.717, 1.165) is 10.0 Å². The van der Waals surface area contributed by atoms with Gasteiger partial charge in [0.1, 0.15) is 0 Å². The van der Waals surface area contributed by atoms with Crippen LogP contribution in [0.3, 0.4) is 0 Å². The molecule has 106 valence electrons. The predicted octanol–water partition coefficient (Wildman–Crippen LogP) is 1.61. The van der Waals surface area contributed by atoms with E-state index in [9.17, 15) is 9.59 Å². The molecule has 6 heteroatoms. The van der Waals surface area contributed by atoms with Crippen molar-refractivity contribution in [1.82, 2.24) is 15.1 Å². The van der Waals surface area contributed by atoms with E-state index in [2.05, 4.69) is 21.2 Å². The lowest BCUT2D eigenvalue weighted by molar-refractivity contribution is 0.0617. The van der Waals surface area contributed by atoms with Crippen molar-refractivity contribution in [3.63, 3.8) is 0 Å². The van der Waals surface area contributed by atoms with Gasteiger partial charge in [0.15, 0.2) is 0 Å². The van der Waals surface area contributed by atoms with Crippen LogP contribution in [0.15, 0.2) is 22.7 Å². The number of amides is 3. The van der Waals surface area contributed by atoms with E-state index >= 15 is 0 Å². The number of nitrogens with zero attached hydrogens (tertiary/aromatic N) is 2. The summed E-state index contributed by atoms with van der Waals surface area (Å²) in [6, 6.07) is 5.82. The van der Waals surface area contributed by atoms with Crippen molar-refractivity contribution < 1.29 is 9.59 Å². The number of carbonyl (C=O) groups is 2. The van der Waals surface area contributed by atoms with Crippen molar-refractivity contribution in [3.05, 3.63) is 33.8 Å². The van der Waals surface area contributed by atoms with Gasteiger partial charge in [-0.05, 0) is 30.7 Å². The number of rotatable bonds is 1. The summed E-state index contributed by atoms with van der Waals surface area (Å²) in [6.07, 6.45) is 0. The van der Waals surface area contributed by atoms with Crippen LogP contribution in [-0.4, -0.2) is 54.0 Å².